The fourth-order valence-electron chi connectivity index (χ4n) is 2.48. The first-order chi connectivity index (χ1) is 8.93. The molecule has 0 amide bonds. The first-order valence-electron chi connectivity index (χ1n) is 6.66. The Labute approximate surface area is 107 Å². The van der Waals surface area contributed by atoms with Crippen LogP contribution in [0.25, 0.3) is 5.65 Å². The lowest BCUT2D eigenvalue weighted by atomic mass is 10.1. The summed E-state index contributed by atoms with van der Waals surface area (Å²) in [7, 11) is 0. The molecule has 1 fully saturated rings. The van der Waals surface area contributed by atoms with Crippen molar-refractivity contribution in [2.24, 2.45) is 0 Å². The van der Waals surface area contributed by atoms with Crippen LogP contribution in [0.5, 0.6) is 0 Å². The van der Waals surface area contributed by atoms with Crippen LogP contribution in [0, 0.1) is 0 Å². The van der Waals surface area contributed by atoms with Gasteiger partial charge in [-0.1, -0.05) is 6.07 Å². The average molecular weight is 245 g/mol. The lowest BCUT2D eigenvalue weighted by Crippen LogP contribution is -2.40. The van der Waals surface area contributed by atoms with E-state index in [1.165, 1.54) is 12.8 Å². The Morgan fingerprint density at radius 1 is 1.28 bits per heavy atom. The van der Waals surface area contributed by atoms with Crippen LogP contribution in [-0.4, -0.2) is 40.3 Å². The lowest BCUT2D eigenvalue weighted by molar-refractivity contribution is 0.388. The molecule has 3 heterocycles. The minimum absolute atomic E-state index is 0.658. The van der Waals surface area contributed by atoms with Crippen LogP contribution >= 0.6 is 0 Å². The number of rotatable bonds is 4. The molecule has 0 spiro atoms. The Bertz CT molecular complexity index is 501. The van der Waals surface area contributed by atoms with Gasteiger partial charge in [0.2, 0.25) is 0 Å². The summed E-state index contributed by atoms with van der Waals surface area (Å²) in [4.78, 5) is 0. The predicted octanol–water partition coefficient (Wildman–Crippen LogP) is 0.613. The topological polar surface area (TPSA) is 54.2 Å². The highest BCUT2D eigenvalue weighted by molar-refractivity contribution is 5.36. The number of pyridine rings is 1. The largest absolute Gasteiger partial charge is 0.317 e. The first-order valence-corrected chi connectivity index (χ1v) is 6.66. The maximum absolute atomic E-state index is 4.24. The third-order valence-electron chi connectivity index (χ3n) is 3.51. The van der Waals surface area contributed by atoms with Gasteiger partial charge in [-0.15, -0.1) is 10.2 Å². The van der Waals surface area contributed by atoms with Gasteiger partial charge >= 0.3 is 0 Å². The second-order valence-electron chi connectivity index (χ2n) is 4.77. The van der Waals surface area contributed by atoms with Crippen LogP contribution in [-0.2, 0) is 6.42 Å². The van der Waals surface area contributed by atoms with E-state index < -0.39 is 0 Å². The van der Waals surface area contributed by atoms with E-state index in [4.69, 9.17) is 0 Å². The van der Waals surface area contributed by atoms with Gasteiger partial charge in [0.1, 0.15) is 5.82 Å². The van der Waals surface area contributed by atoms with Crippen LogP contribution in [0.4, 0.5) is 0 Å². The number of nitrogens with one attached hydrogen (secondary N) is 2. The maximum Gasteiger partial charge on any atom is 0.160 e. The fraction of sp³-hybridized carbons (Fsp3) is 0.538. The Balaban J connectivity index is 1.56. The van der Waals surface area contributed by atoms with Gasteiger partial charge in [0.25, 0.3) is 0 Å². The highest BCUT2D eigenvalue weighted by Crippen LogP contribution is 2.04. The molecule has 5 nitrogen and oxygen atoms in total. The monoisotopic (exact) mass is 245 g/mol. The van der Waals surface area contributed by atoms with Crippen LogP contribution in [0.2, 0.25) is 0 Å². The van der Waals surface area contributed by atoms with Crippen molar-refractivity contribution < 1.29 is 0 Å². The molecule has 3 rings (SSSR count). The summed E-state index contributed by atoms with van der Waals surface area (Å²) < 4.78 is 2.06. The molecule has 0 unspecified atom stereocenters. The molecule has 1 aliphatic heterocycles. The number of hydrogen-bond acceptors (Lipinski definition) is 4. The molecular weight excluding hydrogens is 226 g/mol. The van der Waals surface area contributed by atoms with Crippen molar-refractivity contribution in [1.29, 1.82) is 0 Å². The summed E-state index contributed by atoms with van der Waals surface area (Å²) >= 11 is 0. The van der Waals surface area contributed by atoms with Gasteiger partial charge in [0, 0.05) is 25.2 Å². The third kappa shape index (κ3) is 2.52. The van der Waals surface area contributed by atoms with E-state index in [0.29, 0.717) is 6.04 Å². The normalized spacial score (nSPS) is 17.3. The molecule has 5 heteroatoms. The molecule has 0 aromatic carbocycles. The lowest BCUT2D eigenvalue weighted by Gasteiger charge is -2.23. The van der Waals surface area contributed by atoms with Crippen molar-refractivity contribution in [2.45, 2.75) is 25.3 Å². The Morgan fingerprint density at radius 2 is 2.17 bits per heavy atom. The van der Waals surface area contributed by atoms with E-state index >= 15 is 0 Å². The summed E-state index contributed by atoms with van der Waals surface area (Å²) in [5.74, 6) is 1.03. The molecule has 1 aliphatic rings. The third-order valence-corrected chi connectivity index (χ3v) is 3.51. The fourth-order valence-corrected chi connectivity index (χ4v) is 2.48. The molecule has 2 aromatic heterocycles. The van der Waals surface area contributed by atoms with Gasteiger partial charge in [0.05, 0.1) is 0 Å². The molecule has 0 aliphatic carbocycles. The number of hydrogen-bond donors (Lipinski definition) is 2. The number of fused-ring (bicyclic) bond motifs is 1. The minimum atomic E-state index is 0.658. The summed E-state index contributed by atoms with van der Waals surface area (Å²) in [5.41, 5.74) is 0.925. The molecule has 2 N–H and O–H groups in total. The Hall–Kier alpha value is -1.46. The van der Waals surface area contributed by atoms with Crippen LogP contribution in [0.15, 0.2) is 24.4 Å². The predicted molar refractivity (Wildman–Crippen MR) is 70.6 cm³/mol. The quantitative estimate of drug-likeness (QED) is 0.829. The van der Waals surface area contributed by atoms with Crippen molar-refractivity contribution in [2.75, 3.05) is 19.6 Å². The Morgan fingerprint density at radius 3 is 3.06 bits per heavy atom. The van der Waals surface area contributed by atoms with Gasteiger partial charge in [-0.2, -0.15) is 0 Å². The van der Waals surface area contributed by atoms with E-state index in [-0.39, 0.29) is 0 Å². The van der Waals surface area contributed by atoms with Crippen molar-refractivity contribution in [3.63, 3.8) is 0 Å². The van der Waals surface area contributed by atoms with Crippen LogP contribution in [0.1, 0.15) is 18.7 Å². The van der Waals surface area contributed by atoms with Crippen LogP contribution in [0.3, 0.4) is 0 Å². The molecule has 0 atom stereocenters. The van der Waals surface area contributed by atoms with E-state index in [2.05, 4.69) is 25.2 Å². The SMILES string of the molecule is c1ccn2c(CCNC3CCNCC3)nnc2c1. The van der Waals surface area contributed by atoms with Crippen molar-refractivity contribution in [1.82, 2.24) is 25.2 Å². The van der Waals surface area contributed by atoms with Gasteiger partial charge in [-0.05, 0) is 38.1 Å². The smallest absolute Gasteiger partial charge is 0.160 e. The maximum atomic E-state index is 4.24. The Kier molecular flexibility index (Phi) is 3.52. The van der Waals surface area contributed by atoms with E-state index in [1.54, 1.807) is 0 Å². The van der Waals surface area contributed by atoms with Crippen molar-refractivity contribution in [3.8, 4) is 0 Å². The van der Waals surface area contributed by atoms with E-state index in [0.717, 1.165) is 37.5 Å². The standard InChI is InChI=1S/C13H19N5/c1-2-10-18-12(3-1)16-17-13(18)6-9-15-11-4-7-14-8-5-11/h1-3,10-11,14-15H,4-9H2. The zero-order chi connectivity index (χ0) is 12.2. The van der Waals surface area contributed by atoms with E-state index in [1.807, 2.05) is 24.4 Å². The molecule has 2 aromatic rings. The first kappa shape index (κ1) is 11.6. The number of aromatic nitrogens is 3. The van der Waals surface area contributed by atoms with Gasteiger partial charge in [0.15, 0.2) is 5.65 Å². The van der Waals surface area contributed by atoms with E-state index in [9.17, 15) is 0 Å². The highest BCUT2D eigenvalue weighted by Gasteiger charge is 2.12. The minimum Gasteiger partial charge on any atom is -0.317 e. The highest BCUT2D eigenvalue weighted by atomic mass is 15.2. The second-order valence-corrected chi connectivity index (χ2v) is 4.77. The number of piperidine rings is 1. The van der Waals surface area contributed by atoms with Crippen molar-refractivity contribution >= 4 is 5.65 Å². The molecule has 0 saturated carbocycles. The summed E-state index contributed by atoms with van der Waals surface area (Å²) in [6, 6.07) is 6.64. The molecule has 0 bridgehead atoms. The zero-order valence-corrected chi connectivity index (χ0v) is 10.5. The number of nitrogens with zero attached hydrogens (tertiary/aromatic N) is 3. The average Bonchev–Trinajstić information content (AvgIpc) is 2.84. The second kappa shape index (κ2) is 5.46. The van der Waals surface area contributed by atoms with Crippen LogP contribution < -0.4 is 10.6 Å². The van der Waals surface area contributed by atoms with Crippen molar-refractivity contribution in [3.05, 3.63) is 30.2 Å². The molecular formula is C13H19N5. The molecule has 96 valence electrons. The molecule has 18 heavy (non-hydrogen) atoms. The summed E-state index contributed by atoms with van der Waals surface area (Å²) in [6.07, 6.45) is 5.39. The van der Waals surface area contributed by atoms with Gasteiger partial charge in [-0.3, -0.25) is 4.40 Å². The zero-order valence-electron chi connectivity index (χ0n) is 10.5. The molecule has 1 saturated heterocycles. The van der Waals surface area contributed by atoms with Gasteiger partial charge < -0.3 is 10.6 Å². The van der Waals surface area contributed by atoms with Gasteiger partial charge in [-0.25, -0.2) is 0 Å². The molecule has 0 radical (unpaired) electrons. The summed E-state index contributed by atoms with van der Waals surface area (Å²) in [5, 5.41) is 15.4. The summed E-state index contributed by atoms with van der Waals surface area (Å²) in [6.45, 7) is 3.23.